The van der Waals surface area contributed by atoms with Crippen molar-refractivity contribution in [3.63, 3.8) is 0 Å². The molecule has 2 rings (SSSR count). The summed E-state index contributed by atoms with van der Waals surface area (Å²) in [4.78, 5) is 11.2. The molecule has 0 spiro atoms. The molecular formula is C12H13N3O. The smallest absolute Gasteiger partial charge is 0.252 e. The number of hydrogen-bond acceptors (Lipinski definition) is 2. The number of aryl methyl sites for hydroxylation is 1. The summed E-state index contributed by atoms with van der Waals surface area (Å²) in [7, 11) is 1.78. The molecule has 0 aliphatic rings. The molecule has 2 aromatic rings. The van der Waals surface area contributed by atoms with Gasteiger partial charge in [-0.1, -0.05) is 30.3 Å². The normalized spacial score (nSPS) is 10.3. The summed E-state index contributed by atoms with van der Waals surface area (Å²) in [5, 5.41) is 4.24. The van der Waals surface area contributed by atoms with Crippen LogP contribution in [0.4, 0.5) is 0 Å². The van der Waals surface area contributed by atoms with Gasteiger partial charge in [-0.2, -0.15) is 5.10 Å². The minimum absolute atomic E-state index is 0.431. The van der Waals surface area contributed by atoms with Gasteiger partial charge in [0.15, 0.2) is 0 Å². The molecule has 4 nitrogen and oxygen atoms in total. The Kier molecular flexibility index (Phi) is 2.72. The first kappa shape index (κ1) is 10.4. The number of nitrogens with two attached hydrogens (primary N) is 1. The highest BCUT2D eigenvalue weighted by atomic mass is 16.1. The number of amides is 1. The van der Waals surface area contributed by atoms with E-state index in [9.17, 15) is 4.79 Å². The Balaban J connectivity index is 2.31. The summed E-state index contributed by atoms with van der Waals surface area (Å²) in [6.45, 7) is 0. The maximum atomic E-state index is 11.2. The van der Waals surface area contributed by atoms with Crippen LogP contribution in [0.5, 0.6) is 0 Å². The zero-order valence-corrected chi connectivity index (χ0v) is 9.05. The van der Waals surface area contributed by atoms with Crippen LogP contribution in [0.25, 0.3) is 0 Å². The fourth-order valence-corrected chi connectivity index (χ4v) is 1.66. The third-order valence-corrected chi connectivity index (χ3v) is 2.39. The van der Waals surface area contributed by atoms with E-state index in [4.69, 9.17) is 5.73 Å². The molecule has 0 radical (unpaired) electrons. The van der Waals surface area contributed by atoms with Gasteiger partial charge < -0.3 is 5.73 Å². The largest absolute Gasteiger partial charge is 0.365 e. The Morgan fingerprint density at radius 2 is 2.06 bits per heavy atom. The Morgan fingerprint density at radius 1 is 1.38 bits per heavy atom. The predicted molar refractivity (Wildman–Crippen MR) is 61.0 cm³/mol. The number of aromatic nitrogens is 2. The van der Waals surface area contributed by atoms with E-state index in [1.165, 1.54) is 0 Å². The van der Waals surface area contributed by atoms with Crippen molar-refractivity contribution in [1.82, 2.24) is 9.78 Å². The molecule has 0 aliphatic carbocycles. The third kappa shape index (κ3) is 2.11. The van der Waals surface area contributed by atoms with Gasteiger partial charge in [0.1, 0.15) is 0 Å². The molecule has 16 heavy (non-hydrogen) atoms. The zero-order valence-electron chi connectivity index (χ0n) is 9.05. The maximum Gasteiger partial charge on any atom is 0.252 e. The van der Waals surface area contributed by atoms with Gasteiger partial charge in [-0.3, -0.25) is 9.48 Å². The summed E-state index contributed by atoms with van der Waals surface area (Å²) in [5.74, 6) is -0.431. The van der Waals surface area contributed by atoms with Crippen molar-refractivity contribution >= 4 is 5.91 Å². The molecule has 0 atom stereocenters. The van der Waals surface area contributed by atoms with E-state index in [0.717, 1.165) is 11.3 Å². The fraction of sp³-hybridized carbons (Fsp3) is 0.167. The van der Waals surface area contributed by atoms with Crippen molar-refractivity contribution < 1.29 is 4.79 Å². The van der Waals surface area contributed by atoms with E-state index < -0.39 is 5.91 Å². The van der Waals surface area contributed by atoms with E-state index in [2.05, 4.69) is 5.10 Å². The number of hydrogen-bond donors (Lipinski definition) is 1. The fourth-order valence-electron chi connectivity index (χ4n) is 1.66. The monoisotopic (exact) mass is 215 g/mol. The van der Waals surface area contributed by atoms with E-state index in [0.29, 0.717) is 12.0 Å². The van der Waals surface area contributed by atoms with Gasteiger partial charge in [-0.05, 0) is 5.56 Å². The van der Waals surface area contributed by atoms with Gasteiger partial charge in [-0.15, -0.1) is 0 Å². The topological polar surface area (TPSA) is 60.9 Å². The van der Waals surface area contributed by atoms with Crippen LogP contribution in [0.3, 0.4) is 0 Å². The van der Waals surface area contributed by atoms with Crippen LogP contribution in [-0.4, -0.2) is 15.7 Å². The molecular weight excluding hydrogens is 202 g/mol. The number of carbonyl (C=O) groups excluding carboxylic acids is 1. The lowest BCUT2D eigenvalue weighted by Crippen LogP contribution is -2.12. The van der Waals surface area contributed by atoms with Gasteiger partial charge in [0.25, 0.3) is 5.91 Å². The number of nitrogens with zero attached hydrogens (tertiary/aromatic N) is 2. The van der Waals surface area contributed by atoms with E-state index >= 15 is 0 Å². The lowest BCUT2D eigenvalue weighted by molar-refractivity contribution is 0.0999. The molecule has 2 N–H and O–H groups in total. The van der Waals surface area contributed by atoms with Gasteiger partial charge >= 0.3 is 0 Å². The highest BCUT2D eigenvalue weighted by molar-refractivity contribution is 5.93. The lowest BCUT2D eigenvalue weighted by Gasteiger charge is -1.99. The molecule has 1 aromatic carbocycles. The third-order valence-electron chi connectivity index (χ3n) is 2.39. The molecule has 1 amide bonds. The molecule has 0 fully saturated rings. The van der Waals surface area contributed by atoms with Crippen molar-refractivity contribution in [2.45, 2.75) is 6.42 Å². The average Bonchev–Trinajstić information content (AvgIpc) is 2.61. The van der Waals surface area contributed by atoms with E-state index in [1.54, 1.807) is 17.9 Å². The van der Waals surface area contributed by atoms with Crippen LogP contribution in [-0.2, 0) is 13.5 Å². The number of carbonyl (C=O) groups is 1. The Labute approximate surface area is 93.7 Å². The molecule has 1 heterocycles. The molecule has 0 saturated heterocycles. The van der Waals surface area contributed by atoms with Gasteiger partial charge in [-0.25, -0.2) is 0 Å². The second kappa shape index (κ2) is 4.18. The number of primary amides is 1. The first-order chi connectivity index (χ1) is 7.66. The Bertz CT molecular complexity index is 502. The quantitative estimate of drug-likeness (QED) is 0.833. The van der Waals surface area contributed by atoms with E-state index in [-0.39, 0.29) is 0 Å². The van der Waals surface area contributed by atoms with E-state index in [1.807, 2.05) is 30.3 Å². The van der Waals surface area contributed by atoms with Crippen LogP contribution >= 0.6 is 0 Å². The average molecular weight is 215 g/mol. The van der Waals surface area contributed by atoms with Crippen molar-refractivity contribution in [2.24, 2.45) is 12.8 Å². The molecule has 0 unspecified atom stereocenters. The molecule has 0 aliphatic heterocycles. The van der Waals surface area contributed by atoms with Gasteiger partial charge in [0.05, 0.1) is 11.3 Å². The summed E-state index contributed by atoms with van der Waals surface area (Å²) >= 11 is 0. The number of benzene rings is 1. The van der Waals surface area contributed by atoms with Crippen LogP contribution in [0.2, 0.25) is 0 Å². The van der Waals surface area contributed by atoms with Crippen LogP contribution in [0, 0.1) is 0 Å². The minimum Gasteiger partial charge on any atom is -0.365 e. The zero-order chi connectivity index (χ0) is 11.5. The second-order valence-corrected chi connectivity index (χ2v) is 3.69. The second-order valence-electron chi connectivity index (χ2n) is 3.69. The van der Waals surface area contributed by atoms with Crippen molar-refractivity contribution in [3.05, 3.63) is 53.3 Å². The highest BCUT2D eigenvalue weighted by Crippen LogP contribution is 2.11. The van der Waals surface area contributed by atoms with Crippen LogP contribution in [0.1, 0.15) is 21.6 Å². The lowest BCUT2D eigenvalue weighted by atomic mass is 10.1. The van der Waals surface area contributed by atoms with Gasteiger partial charge in [0, 0.05) is 19.7 Å². The summed E-state index contributed by atoms with van der Waals surface area (Å²) in [5.41, 5.74) is 7.62. The van der Waals surface area contributed by atoms with Gasteiger partial charge in [0.2, 0.25) is 0 Å². The van der Waals surface area contributed by atoms with Crippen molar-refractivity contribution in [3.8, 4) is 0 Å². The minimum atomic E-state index is -0.431. The van der Waals surface area contributed by atoms with Crippen LogP contribution < -0.4 is 5.73 Å². The maximum absolute atomic E-state index is 11.2. The number of rotatable bonds is 3. The molecule has 1 aromatic heterocycles. The summed E-state index contributed by atoms with van der Waals surface area (Å²) < 4.78 is 1.61. The van der Waals surface area contributed by atoms with Crippen molar-refractivity contribution in [2.75, 3.05) is 0 Å². The predicted octanol–water partition coefficient (Wildman–Crippen LogP) is 1.11. The van der Waals surface area contributed by atoms with Crippen molar-refractivity contribution in [1.29, 1.82) is 0 Å². The SMILES string of the molecule is Cn1cc(C(N)=O)c(Cc2ccccc2)n1. The standard InChI is InChI=1S/C12H13N3O/c1-15-8-10(12(13)16)11(14-15)7-9-5-3-2-4-6-9/h2-6,8H,7H2,1H3,(H2,13,16). The van der Waals surface area contributed by atoms with Crippen LogP contribution in [0.15, 0.2) is 36.5 Å². The Hall–Kier alpha value is -2.10. The summed E-state index contributed by atoms with van der Waals surface area (Å²) in [6.07, 6.45) is 2.28. The molecule has 0 saturated carbocycles. The highest BCUT2D eigenvalue weighted by Gasteiger charge is 2.12. The molecule has 82 valence electrons. The first-order valence-electron chi connectivity index (χ1n) is 5.03. The first-order valence-corrected chi connectivity index (χ1v) is 5.03. The molecule has 0 bridgehead atoms. The Morgan fingerprint density at radius 3 is 2.69 bits per heavy atom. The summed E-state index contributed by atoms with van der Waals surface area (Å²) in [6, 6.07) is 9.88. The molecule has 4 heteroatoms.